The van der Waals surface area contributed by atoms with Crippen LogP contribution >= 0.6 is 0 Å². The van der Waals surface area contributed by atoms with E-state index in [1.54, 1.807) is 0 Å². The number of fused-ring (bicyclic) bond motifs is 3. The predicted octanol–water partition coefficient (Wildman–Crippen LogP) is 4.49. The highest BCUT2D eigenvalue weighted by molar-refractivity contribution is 6.02. The maximum atomic E-state index is 12.7. The lowest BCUT2D eigenvalue weighted by molar-refractivity contribution is -0.123. The Morgan fingerprint density at radius 3 is 2.55 bits per heavy atom. The number of anilines is 2. The second-order valence-electron chi connectivity index (χ2n) is 10.4. The van der Waals surface area contributed by atoms with Crippen molar-refractivity contribution >= 4 is 28.6 Å². The molecule has 1 amide bonds. The van der Waals surface area contributed by atoms with E-state index in [0.29, 0.717) is 5.82 Å². The van der Waals surface area contributed by atoms with Gasteiger partial charge >= 0.3 is 0 Å². The molecule has 2 N–H and O–H groups in total. The van der Waals surface area contributed by atoms with E-state index in [1.165, 1.54) is 36.0 Å². The lowest BCUT2D eigenvalue weighted by Gasteiger charge is -2.35. The van der Waals surface area contributed by atoms with Gasteiger partial charge < -0.3 is 10.2 Å². The molecule has 0 radical (unpaired) electrons. The first-order valence-electron chi connectivity index (χ1n) is 12.1. The van der Waals surface area contributed by atoms with E-state index in [4.69, 9.17) is 4.98 Å². The molecule has 0 atom stereocenters. The van der Waals surface area contributed by atoms with Gasteiger partial charge in [-0.25, -0.2) is 4.98 Å². The zero-order valence-electron chi connectivity index (χ0n) is 19.9. The summed E-state index contributed by atoms with van der Waals surface area (Å²) in [6, 6.07) is 10.7. The third-order valence-corrected chi connectivity index (χ3v) is 6.78. The van der Waals surface area contributed by atoms with Gasteiger partial charge in [0.25, 0.3) is 0 Å². The summed E-state index contributed by atoms with van der Waals surface area (Å²) < 4.78 is 0. The zero-order chi connectivity index (χ0) is 23.0. The molecule has 7 heteroatoms. The topological polar surface area (TPSA) is 77.1 Å². The third kappa shape index (κ3) is 4.47. The Bertz CT molecular complexity index is 1140. The average molecular weight is 447 g/mol. The van der Waals surface area contributed by atoms with Gasteiger partial charge in [-0.1, -0.05) is 51.1 Å². The first kappa shape index (κ1) is 21.9. The van der Waals surface area contributed by atoms with Crippen LogP contribution in [0, 0.1) is 5.41 Å². The van der Waals surface area contributed by atoms with Crippen LogP contribution in [0.15, 0.2) is 30.3 Å². The molecular formula is C26H34N6O. The first-order chi connectivity index (χ1) is 15.9. The molecule has 7 nitrogen and oxygen atoms in total. The van der Waals surface area contributed by atoms with E-state index < -0.39 is 5.41 Å². The Morgan fingerprint density at radius 2 is 1.82 bits per heavy atom. The van der Waals surface area contributed by atoms with Crippen molar-refractivity contribution in [1.82, 2.24) is 20.1 Å². The lowest BCUT2D eigenvalue weighted by Crippen LogP contribution is -2.35. The summed E-state index contributed by atoms with van der Waals surface area (Å²) in [5.41, 5.74) is 4.19. The molecule has 174 valence electrons. The fourth-order valence-corrected chi connectivity index (χ4v) is 4.90. The summed E-state index contributed by atoms with van der Waals surface area (Å²) in [6.45, 7) is 10.6. The average Bonchev–Trinajstić information content (AvgIpc) is 3.22. The number of aromatic nitrogens is 3. The number of nitrogens with one attached hydrogen (secondary N) is 2. The summed E-state index contributed by atoms with van der Waals surface area (Å²) in [5, 5.41) is 11.6. The summed E-state index contributed by atoms with van der Waals surface area (Å²) in [6.07, 6.45) is 4.62. The van der Waals surface area contributed by atoms with Crippen molar-refractivity contribution in [2.24, 2.45) is 5.41 Å². The number of H-pyrrole nitrogens is 1. The van der Waals surface area contributed by atoms with E-state index in [1.807, 2.05) is 20.8 Å². The molecule has 4 heterocycles. The van der Waals surface area contributed by atoms with Gasteiger partial charge in [0, 0.05) is 43.7 Å². The highest BCUT2D eigenvalue weighted by Crippen LogP contribution is 2.37. The molecule has 2 aromatic heterocycles. The van der Waals surface area contributed by atoms with Gasteiger partial charge in [0.2, 0.25) is 5.91 Å². The maximum Gasteiger partial charge on any atom is 0.230 e. The number of rotatable bonds is 4. The number of hydrogen-bond acceptors (Lipinski definition) is 5. The number of piperidine rings is 1. The van der Waals surface area contributed by atoms with Gasteiger partial charge in [-0.15, -0.1) is 0 Å². The minimum Gasteiger partial charge on any atom is -0.356 e. The van der Waals surface area contributed by atoms with E-state index in [0.717, 1.165) is 56.0 Å². The molecule has 1 aromatic carbocycles. The second-order valence-corrected chi connectivity index (χ2v) is 10.4. The van der Waals surface area contributed by atoms with Crippen LogP contribution in [0.4, 0.5) is 11.6 Å². The fourth-order valence-electron chi connectivity index (χ4n) is 4.90. The number of nitrogens with zero attached hydrogens (tertiary/aromatic N) is 4. The number of aromatic amines is 1. The standard InChI is InChI=1S/C26H34N6O/c1-26(2,3)25(33)28-23-21-19-12-15-31(16-18-10-6-4-7-11-18)17-20(19)24(27-22(21)29-30-23)32-13-8-5-9-14-32/h4,6-7,10-11H,5,8-9,12-17H2,1-3H3,(H2,27,28,29,30,33). The molecule has 3 aromatic rings. The number of hydrogen-bond donors (Lipinski definition) is 2. The molecular weight excluding hydrogens is 412 g/mol. The van der Waals surface area contributed by atoms with Gasteiger partial charge in [-0.2, -0.15) is 5.10 Å². The molecule has 33 heavy (non-hydrogen) atoms. The Balaban J connectivity index is 1.54. The van der Waals surface area contributed by atoms with Crippen molar-refractivity contribution in [2.45, 2.75) is 59.5 Å². The van der Waals surface area contributed by atoms with Crippen LogP contribution in [0.1, 0.15) is 56.7 Å². The maximum absolute atomic E-state index is 12.7. The van der Waals surface area contributed by atoms with Crippen molar-refractivity contribution in [3.8, 4) is 0 Å². The SMILES string of the molecule is CC(C)(C)C(=O)Nc1n[nH]c2nc(N3CCCCC3)c3c(c12)CCN(Cc1ccccc1)C3. The molecule has 1 fully saturated rings. The zero-order valence-corrected chi connectivity index (χ0v) is 19.9. The van der Waals surface area contributed by atoms with Crippen LogP contribution < -0.4 is 10.2 Å². The number of benzene rings is 1. The smallest absolute Gasteiger partial charge is 0.230 e. The lowest BCUT2D eigenvalue weighted by atomic mass is 9.94. The molecule has 2 aliphatic heterocycles. The quantitative estimate of drug-likeness (QED) is 0.617. The molecule has 5 rings (SSSR count). The summed E-state index contributed by atoms with van der Waals surface area (Å²) in [7, 11) is 0. The Kier molecular flexibility index (Phi) is 5.83. The molecule has 1 saturated heterocycles. The van der Waals surface area contributed by atoms with E-state index in [9.17, 15) is 4.79 Å². The molecule has 0 saturated carbocycles. The van der Waals surface area contributed by atoms with Gasteiger partial charge in [0.1, 0.15) is 5.82 Å². The van der Waals surface area contributed by atoms with Gasteiger partial charge in [-0.3, -0.25) is 14.8 Å². The Hall–Kier alpha value is -2.93. The fraction of sp³-hybridized carbons (Fsp3) is 0.500. The van der Waals surface area contributed by atoms with Gasteiger partial charge in [0.15, 0.2) is 11.5 Å². The molecule has 0 bridgehead atoms. The summed E-state index contributed by atoms with van der Waals surface area (Å²) in [5.74, 6) is 1.66. The van der Waals surface area contributed by atoms with Crippen LogP contribution in [-0.2, 0) is 24.3 Å². The summed E-state index contributed by atoms with van der Waals surface area (Å²) >= 11 is 0. The van der Waals surface area contributed by atoms with Gasteiger partial charge in [0.05, 0.1) is 5.39 Å². The van der Waals surface area contributed by atoms with Crippen LogP contribution in [0.3, 0.4) is 0 Å². The van der Waals surface area contributed by atoms with E-state index in [2.05, 4.69) is 55.6 Å². The molecule has 2 aliphatic rings. The molecule has 0 spiro atoms. The first-order valence-corrected chi connectivity index (χ1v) is 12.1. The predicted molar refractivity (Wildman–Crippen MR) is 132 cm³/mol. The highest BCUT2D eigenvalue weighted by Gasteiger charge is 2.30. The number of pyridine rings is 1. The molecule has 0 unspecified atom stereocenters. The van der Waals surface area contributed by atoms with Crippen molar-refractivity contribution < 1.29 is 4.79 Å². The van der Waals surface area contributed by atoms with E-state index in [-0.39, 0.29) is 5.91 Å². The highest BCUT2D eigenvalue weighted by atomic mass is 16.2. The van der Waals surface area contributed by atoms with Crippen LogP contribution in [-0.4, -0.2) is 45.6 Å². The Morgan fingerprint density at radius 1 is 1.06 bits per heavy atom. The van der Waals surface area contributed by atoms with Crippen molar-refractivity contribution in [2.75, 3.05) is 29.9 Å². The minimum absolute atomic E-state index is 0.0359. The van der Waals surface area contributed by atoms with Crippen molar-refractivity contribution in [3.63, 3.8) is 0 Å². The largest absolute Gasteiger partial charge is 0.356 e. The number of carbonyl (C=O) groups is 1. The van der Waals surface area contributed by atoms with Crippen LogP contribution in [0.5, 0.6) is 0 Å². The van der Waals surface area contributed by atoms with E-state index >= 15 is 0 Å². The monoisotopic (exact) mass is 446 g/mol. The normalized spacial score (nSPS) is 17.2. The molecule has 0 aliphatic carbocycles. The Labute approximate surface area is 195 Å². The minimum atomic E-state index is -0.487. The number of amides is 1. The van der Waals surface area contributed by atoms with Gasteiger partial charge in [-0.05, 0) is 36.8 Å². The third-order valence-electron chi connectivity index (χ3n) is 6.78. The van der Waals surface area contributed by atoms with Crippen LogP contribution in [0.2, 0.25) is 0 Å². The van der Waals surface area contributed by atoms with Crippen molar-refractivity contribution in [3.05, 3.63) is 47.0 Å². The summed E-state index contributed by atoms with van der Waals surface area (Å²) in [4.78, 5) is 22.7. The number of carbonyl (C=O) groups excluding carboxylic acids is 1. The van der Waals surface area contributed by atoms with Crippen LogP contribution in [0.25, 0.3) is 11.0 Å². The van der Waals surface area contributed by atoms with Crippen molar-refractivity contribution in [1.29, 1.82) is 0 Å². The second kappa shape index (κ2) is 8.78.